The minimum atomic E-state index is -0.378. The number of nitrogens with two attached hydrogens (primary N) is 1. The Labute approximate surface area is 129 Å². The third-order valence-electron chi connectivity index (χ3n) is 2.84. The van der Waals surface area contributed by atoms with E-state index in [1.807, 2.05) is 16.8 Å². The first kappa shape index (κ1) is 13.7. The number of amides is 1. The van der Waals surface area contributed by atoms with Gasteiger partial charge in [0, 0.05) is 21.7 Å². The largest absolute Gasteiger partial charge is 0.367 e. The van der Waals surface area contributed by atoms with Gasteiger partial charge in [0.2, 0.25) is 5.88 Å². The van der Waals surface area contributed by atoms with Crippen LogP contribution in [0.3, 0.4) is 0 Å². The lowest BCUT2D eigenvalue weighted by Gasteiger charge is -2.05. The first-order chi connectivity index (χ1) is 10.1. The summed E-state index contributed by atoms with van der Waals surface area (Å²) in [6.45, 7) is 0. The second-order valence-corrected chi connectivity index (χ2v) is 5.46. The van der Waals surface area contributed by atoms with Crippen molar-refractivity contribution in [2.45, 2.75) is 0 Å². The average molecular weight is 320 g/mol. The number of nitrogen functional groups attached to an aromatic ring is 1. The molecule has 1 amide bonds. The van der Waals surface area contributed by atoms with E-state index in [1.54, 1.807) is 24.3 Å². The lowest BCUT2D eigenvalue weighted by molar-refractivity contribution is 0.102. The Hall–Kier alpha value is -2.31. The Morgan fingerprint density at radius 3 is 2.71 bits per heavy atom. The molecule has 3 aromatic rings. The lowest BCUT2D eigenvalue weighted by atomic mass is 10.1. The first-order valence-electron chi connectivity index (χ1n) is 6.00. The monoisotopic (exact) mass is 319 g/mol. The number of thiophene rings is 1. The molecule has 0 fully saturated rings. The van der Waals surface area contributed by atoms with Gasteiger partial charge < -0.3 is 15.6 Å². The quantitative estimate of drug-likeness (QED) is 0.767. The van der Waals surface area contributed by atoms with Gasteiger partial charge in [-0.2, -0.15) is 11.3 Å². The van der Waals surface area contributed by atoms with E-state index >= 15 is 0 Å². The number of hydrogen-bond acceptors (Lipinski definition) is 5. The van der Waals surface area contributed by atoms with Gasteiger partial charge in [-0.25, -0.2) is 0 Å². The molecule has 0 atom stereocenters. The van der Waals surface area contributed by atoms with E-state index in [2.05, 4.69) is 10.5 Å². The third-order valence-corrected chi connectivity index (χ3v) is 3.78. The average Bonchev–Trinajstić information content (AvgIpc) is 3.10. The fourth-order valence-electron chi connectivity index (χ4n) is 1.85. The maximum atomic E-state index is 12.4. The van der Waals surface area contributed by atoms with E-state index in [1.165, 1.54) is 11.3 Å². The van der Waals surface area contributed by atoms with Crippen molar-refractivity contribution in [1.29, 1.82) is 0 Å². The molecule has 0 saturated carbocycles. The number of halogens is 1. The molecule has 3 N–H and O–H groups in total. The van der Waals surface area contributed by atoms with Crippen molar-refractivity contribution in [2.24, 2.45) is 0 Å². The van der Waals surface area contributed by atoms with Crippen LogP contribution in [-0.2, 0) is 0 Å². The van der Waals surface area contributed by atoms with Gasteiger partial charge in [0.25, 0.3) is 5.91 Å². The summed E-state index contributed by atoms with van der Waals surface area (Å²) in [5.74, 6) is -0.389. The molecule has 106 valence electrons. The summed E-state index contributed by atoms with van der Waals surface area (Å²) in [4.78, 5) is 12.4. The standard InChI is InChI=1S/C14H10ClN3O2S/c15-9-1-3-10(4-2-9)17-14(19)11-12(18-20-13(11)16)8-5-6-21-7-8/h1-7H,16H2,(H,17,19). The lowest BCUT2D eigenvalue weighted by Crippen LogP contribution is -2.13. The molecule has 0 bridgehead atoms. The highest BCUT2D eigenvalue weighted by Crippen LogP contribution is 2.29. The molecule has 21 heavy (non-hydrogen) atoms. The summed E-state index contributed by atoms with van der Waals surface area (Å²) in [7, 11) is 0. The zero-order valence-corrected chi connectivity index (χ0v) is 12.2. The molecule has 2 heterocycles. The van der Waals surface area contributed by atoms with Crippen LogP contribution in [0.4, 0.5) is 11.6 Å². The van der Waals surface area contributed by atoms with Gasteiger partial charge in [0.15, 0.2) is 0 Å². The highest BCUT2D eigenvalue weighted by molar-refractivity contribution is 7.08. The van der Waals surface area contributed by atoms with Gasteiger partial charge in [-0.15, -0.1) is 0 Å². The van der Waals surface area contributed by atoms with E-state index in [9.17, 15) is 4.79 Å². The van der Waals surface area contributed by atoms with Crippen LogP contribution in [0, 0.1) is 0 Å². The summed E-state index contributed by atoms with van der Waals surface area (Å²) in [5.41, 5.74) is 7.78. The van der Waals surface area contributed by atoms with Crippen molar-refractivity contribution < 1.29 is 9.32 Å². The maximum Gasteiger partial charge on any atom is 0.263 e. The zero-order chi connectivity index (χ0) is 14.8. The molecule has 1 aromatic carbocycles. The number of anilines is 2. The number of rotatable bonds is 3. The van der Waals surface area contributed by atoms with E-state index in [4.69, 9.17) is 21.9 Å². The van der Waals surface area contributed by atoms with E-state index in [-0.39, 0.29) is 17.4 Å². The number of nitrogens with one attached hydrogen (secondary N) is 1. The smallest absolute Gasteiger partial charge is 0.263 e. The molecular weight excluding hydrogens is 310 g/mol. The Bertz CT molecular complexity index is 766. The molecule has 7 heteroatoms. The maximum absolute atomic E-state index is 12.4. The molecule has 0 radical (unpaired) electrons. The number of carbonyl (C=O) groups is 1. The molecule has 0 aliphatic rings. The third kappa shape index (κ3) is 2.76. The van der Waals surface area contributed by atoms with Crippen LogP contribution < -0.4 is 11.1 Å². The zero-order valence-electron chi connectivity index (χ0n) is 10.7. The number of carbonyl (C=O) groups excluding carboxylic acids is 1. The molecular formula is C14H10ClN3O2S. The second kappa shape index (κ2) is 5.59. The van der Waals surface area contributed by atoms with Gasteiger partial charge in [0.1, 0.15) is 11.3 Å². The SMILES string of the molecule is Nc1onc(-c2ccsc2)c1C(=O)Nc1ccc(Cl)cc1. The highest BCUT2D eigenvalue weighted by Gasteiger charge is 2.22. The number of nitrogens with zero attached hydrogens (tertiary/aromatic N) is 1. The molecule has 0 aliphatic heterocycles. The van der Waals surface area contributed by atoms with Crippen LogP contribution in [0.15, 0.2) is 45.6 Å². The van der Waals surface area contributed by atoms with Crippen molar-refractivity contribution in [3.63, 3.8) is 0 Å². The van der Waals surface area contributed by atoms with Crippen molar-refractivity contribution in [3.8, 4) is 11.3 Å². The van der Waals surface area contributed by atoms with Crippen LogP contribution in [0.25, 0.3) is 11.3 Å². The Kier molecular flexibility index (Phi) is 3.64. The van der Waals surface area contributed by atoms with Crippen LogP contribution >= 0.6 is 22.9 Å². The van der Waals surface area contributed by atoms with Crippen molar-refractivity contribution in [2.75, 3.05) is 11.1 Å². The van der Waals surface area contributed by atoms with Crippen LogP contribution in [0.1, 0.15) is 10.4 Å². The first-order valence-corrected chi connectivity index (χ1v) is 7.32. The molecule has 0 unspecified atom stereocenters. The Morgan fingerprint density at radius 2 is 2.05 bits per heavy atom. The van der Waals surface area contributed by atoms with E-state index in [0.717, 1.165) is 5.56 Å². The summed E-state index contributed by atoms with van der Waals surface area (Å²) >= 11 is 7.31. The van der Waals surface area contributed by atoms with Crippen molar-refractivity contribution in [3.05, 3.63) is 51.7 Å². The van der Waals surface area contributed by atoms with Crippen molar-refractivity contribution >= 4 is 40.4 Å². The summed E-state index contributed by atoms with van der Waals surface area (Å²) in [5, 5.41) is 11.0. The minimum Gasteiger partial charge on any atom is -0.367 e. The normalized spacial score (nSPS) is 10.5. The minimum absolute atomic E-state index is 0.0114. The van der Waals surface area contributed by atoms with Gasteiger partial charge in [-0.3, -0.25) is 4.79 Å². The van der Waals surface area contributed by atoms with Crippen LogP contribution in [-0.4, -0.2) is 11.1 Å². The topological polar surface area (TPSA) is 81.2 Å². The van der Waals surface area contributed by atoms with Gasteiger partial charge in [0.05, 0.1) is 0 Å². The summed E-state index contributed by atoms with van der Waals surface area (Å²) < 4.78 is 4.95. The van der Waals surface area contributed by atoms with Crippen molar-refractivity contribution in [1.82, 2.24) is 5.16 Å². The van der Waals surface area contributed by atoms with Crippen LogP contribution in [0.2, 0.25) is 5.02 Å². The fourth-order valence-corrected chi connectivity index (χ4v) is 2.61. The highest BCUT2D eigenvalue weighted by atomic mass is 35.5. The second-order valence-electron chi connectivity index (χ2n) is 4.24. The number of benzene rings is 1. The number of aromatic nitrogens is 1. The molecule has 2 aromatic heterocycles. The molecule has 0 spiro atoms. The number of hydrogen-bond donors (Lipinski definition) is 2. The predicted molar refractivity (Wildman–Crippen MR) is 83.6 cm³/mol. The molecule has 3 rings (SSSR count). The van der Waals surface area contributed by atoms with Gasteiger partial charge >= 0.3 is 0 Å². The molecule has 0 aliphatic carbocycles. The van der Waals surface area contributed by atoms with E-state index < -0.39 is 0 Å². The van der Waals surface area contributed by atoms with Gasteiger partial charge in [-0.1, -0.05) is 16.8 Å². The molecule has 0 saturated heterocycles. The summed E-state index contributed by atoms with van der Waals surface area (Å²) in [6.07, 6.45) is 0. The predicted octanol–water partition coefficient (Wildman–Crippen LogP) is 3.89. The Morgan fingerprint density at radius 1 is 1.29 bits per heavy atom. The van der Waals surface area contributed by atoms with Gasteiger partial charge in [-0.05, 0) is 35.7 Å². The Balaban J connectivity index is 1.91. The summed E-state index contributed by atoms with van der Waals surface area (Å²) in [6, 6.07) is 8.63. The molecule has 5 nitrogen and oxygen atoms in total. The fraction of sp³-hybridized carbons (Fsp3) is 0. The van der Waals surface area contributed by atoms with Crippen LogP contribution in [0.5, 0.6) is 0 Å². The van der Waals surface area contributed by atoms with E-state index in [0.29, 0.717) is 16.4 Å².